The highest BCUT2D eigenvalue weighted by Gasteiger charge is 2.14. The van der Waals surface area contributed by atoms with E-state index in [1.54, 1.807) is 6.07 Å². The Morgan fingerprint density at radius 2 is 1.56 bits per heavy atom. The summed E-state index contributed by atoms with van der Waals surface area (Å²) < 4.78 is 4.79. The third-order valence-electron chi connectivity index (χ3n) is 3.14. The molecule has 0 saturated carbocycles. The van der Waals surface area contributed by atoms with Crippen LogP contribution in [0.25, 0.3) is 0 Å². The standard InChI is InChI=1S/C17H12Cl4N2O4/c18-9-1-3-11(13(21)5-9)17(26)22-7-16(25)27-8-15(24)23-14-6-10(19)2-4-12(14)20/h1-6H,7-8H2,(H,22,26)(H,23,24). The van der Waals surface area contributed by atoms with Crippen molar-refractivity contribution in [3.8, 4) is 0 Å². The van der Waals surface area contributed by atoms with Crippen LogP contribution in [0, 0.1) is 0 Å². The average Bonchev–Trinajstić information content (AvgIpc) is 2.61. The second kappa shape index (κ2) is 9.80. The first-order valence-corrected chi connectivity index (χ1v) is 8.91. The zero-order valence-electron chi connectivity index (χ0n) is 13.5. The van der Waals surface area contributed by atoms with Gasteiger partial charge in [0, 0.05) is 10.0 Å². The van der Waals surface area contributed by atoms with Crippen molar-refractivity contribution in [2.45, 2.75) is 0 Å². The topological polar surface area (TPSA) is 84.5 Å². The van der Waals surface area contributed by atoms with Gasteiger partial charge in [-0.3, -0.25) is 14.4 Å². The minimum atomic E-state index is -0.805. The Balaban J connectivity index is 1.79. The molecule has 2 rings (SSSR count). The van der Waals surface area contributed by atoms with Crippen LogP contribution in [0.3, 0.4) is 0 Å². The molecule has 0 radical (unpaired) electrons. The second-order valence-electron chi connectivity index (χ2n) is 5.14. The van der Waals surface area contributed by atoms with Crippen molar-refractivity contribution in [3.63, 3.8) is 0 Å². The molecule has 10 heteroatoms. The minimum Gasteiger partial charge on any atom is -0.454 e. The van der Waals surface area contributed by atoms with E-state index in [0.29, 0.717) is 10.0 Å². The van der Waals surface area contributed by atoms with Gasteiger partial charge >= 0.3 is 5.97 Å². The van der Waals surface area contributed by atoms with Gasteiger partial charge in [-0.05, 0) is 36.4 Å². The Kier molecular flexibility index (Phi) is 7.74. The highest BCUT2D eigenvalue weighted by atomic mass is 35.5. The Morgan fingerprint density at radius 1 is 0.889 bits per heavy atom. The lowest BCUT2D eigenvalue weighted by atomic mass is 10.2. The molecule has 27 heavy (non-hydrogen) atoms. The predicted octanol–water partition coefficient (Wildman–Crippen LogP) is 4.21. The van der Waals surface area contributed by atoms with Crippen LogP contribution in [-0.2, 0) is 14.3 Å². The van der Waals surface area contributed by atoms with Crippen molar-refractivity contribution in [1.82, 2.24) is 5.32 Å². The molecule has 0 unspecified atom stereocenters. The first-order valence-electron chi connectivity index (χ1n) is 7.40. The Labute approximate surface area is 174 Å². The largest absolute Gasteiger partial charge is 0.454 e. The fourth-order valence-corrected chi connectivity index (χ4v) is 2.73. The monoisotopic (exact) mass is 448 g/mol. The molecule has 6 nitrogen and oxygen atoms in total. The first-order chi connectivity index (χ1) is 12.8. The molecule has 142 valence electrons. The van der Waals surface area contributed by atoms with Crippen molar-refractivity contribution >= 4 is 69.9 Å². The van der Waals surface area contributed by atoms with Gasteiger partial charge in [0.2, 0.25) is 0 Å². The smallest absolute Gasteiger partial charge is 0.325 e. The van der Waals surface area contributed by atoms with E-state index in [9.17, 15) is 14.4 Å². The van der Waals surface area contributed by atoms with Crippen LogP contribution >= 0.6 is 46.4 Å². The third kappa shape index (κ3) is 6.59. The van der Waals surface area contributed by atoms with Gasteiger partial charge in [-0.2, -0.15) is 0 Å². The lowest BCUT2D eigenvalue weighted by Gasteiger charge is -2.09. The van der Waals surface area contributed by atoms with E-state index in [-0.39, 0.29) is 21.3 Å². The van der Waals surface area contributed by atoms with Gasteiger partial charge in [-0.15, -0.1) is 0 Å². The summed E-state index contributed by atoms with van der Waals surface area (Å²) in [5.74, 6) is -2.00. The number of carbonyl (C=O) groups is 3. The van der Waals surface area contributed by atoms with Crippen LogP contribution in [-0.4, -0.2) is 30.9 Å². The molecule has 0 aliphatic rings. The highest BCUT2D eigenvalue weighted by molar-refractivity contribution is 6.37. The molecule has 2 aromatic carbocycles. The number of nitrogens with one attached hydrogen (secondary N) is 2. The molecule has 0 atom stereocenters. The third-order valence-corrected chi connectivity index (χ3v) is 4.25. The van der Waals surface area contributed by atoms with Gasteiger partial charge in [-0.25, -0.2) is 0 Å². The number of anilines is 1. The molecule has 0 spiro atoms. The number of amides is 2. The van der Waals surface area contributed by atoms with E-state index in [1.165, 1.54) is 30.3 Å². The average molecular weight is 450 g/mol. The molecule has 0 aromatic heterocycles. The van der Waals surface area contributed by atoms with Crippen molar-refractivity contribution in [2.75, 3.05) is 18.5 Å². The van der Waals surface area contributed by atoms with Crippen LogP contribution in [0.4, 0.5) is 5.69 Å². The molecule has 2 aromatic rings. The zero-order chi connectivity index (χ0) is 20.0. The summed E-state index contributed by atoms with van der Waals surface area (Å²) in [6.45, 7) is -0.998. The lowest BCUT2D eigenvalue weighted by molar-refractivity contribution is -0.146. The van der Waals surface area contributed by atoms with Crippen LogP contribution in [0.15, 0.2) is 36.4 Å². The molecule has 2 N–H and O–H groups in total. The van der Waals surface area contributed by atoms with Gasteiger partial charge in [-0.1, -0.05) is 46.4 Å². The summed E-state index contributed by atoms with van der Waals surface area (Å²) in [6.07, 6.45) is 0. The number of halogens is 4. The van der Waals surface area contributed by atoms with Gasteiger partial charge in [0.25, 0.3) is 11.8 Å². The molecule has 0 aliphatic heterocycles. The van der Waals surface area contributed by atoms with Crippen LogP contribution in [0.5, 0.6) is 0 Å². The first kappa shape index (κ1) is 21.3. The predicted molar refractivity (Wildman–Crippen MR) is 105 cm³/mol. The molecule has 0 saturated heterocycles. The molecular weight excluding hydrogens is 438 g/mol. The number of hydrogen-bond donors (Lipinski definition) is 2. The summed E-state index contributed by atoms with van der Waals surface area (Å²) in [5, 5.41) is 5.99. The van der Waals surface area contributed by atoms with Crippen molar-refractivity contribution < 1.29 is 19.1 Å². The van der Waals surface area contributed by atoms with E-state index in [0.717, 1.165) is 0 Å². The van der Waals surface area contributed by atoms with Gasteiger partial charge in [0.05, 0.1) is 21.3 Å². The van der Waals surface area contributed by atoms with E-state index in [2.05, 4.69) is 10.6 Å². The second-order valence-corrected chi connectivity index (χ2v) is 6.83. The summed E-state index contributed by atoms with van der Waals surface area (Å²) in [4.78, 5) is 35.5. The quantitative estimate of drug-likeness (QED) is 0.647. The number of ether oxygens (including phenoxy) is 1. The molecule has 2 amide bonds. The van der Waals surface area contributed by atoms with Gasteiger partial charge in [0.15, 0.2) is 6.61 Å². The van der Waals surface area contributed by atoms with Crippen LogP contribution < -0.4 is 10.6 Å². The van der Waals surface area contributed by atoms with E-state index in [4.69, 9.17) is 51.1 Å². The summed E-state index contributed by atoms with van der Waals surface area (Å²) in [7, 11) is 0. The van der Waals surface area contributed by atoms with Crippen LogP contribution in [0.1, 0.15) is 10.4 Å². The molecule has 0 heterocycles. The normalized spacial score (nSPS) is 10.2. The zero-order valence-corrected chi connectivity index (χ0v) is 16.5. The van der Waals surface area contributed by atoms with Crippen molar-refractivity contribution in [3.05, 3.63) is 62.1 Å². The van der Waals surface area contributed by atoms with Crippen molar-refractivity contribution in [1.29, 1.82) is 0 Å². The number of hydrogen-bond acceptors (Lipinski definition) is 4. The van der Waals surface area contributed by atoms with Crippen molar-refractivity contribution in [2.24, 2.45) is 0 Å². The summed E-state index contributed by atoms with van der Waals surface area (Å²) in [5.41, 5.74) is 0.443. The Hall–Kier alpha value is -1.99. The maximum atomic E-state index is 12.0. The Morgan fingerprint density at radius 3 is 2.26 bits per heavy atom. The number of rotatable bonds is 6. The molecular formula is C17H12Cl4N2O4. The van der Waals surface area contributed by atoms with Crippen LogP contribution in [0.2, 0.25) is 20.1 Å². The lowest BCUT2D eigenvalue weighted by Crippen LogP contribution is -2.32. The van der Waals surface area contributed by atoms with E-state index in [1.807, 2.05) is 0 Å². The minimum absolute atomic E-state index is 0.145. The molecule has 0 fully saturated rings. The number of esters is 1. The van der Waals surface area contributed by atoms with E-state index < -0.39 is 30.9 Å². The molecule has 0 aliphatic carbocycles. The maximum Gasteiger partial charge on any atom is 0.325 e. The van der Waals surface area contributed by atoms with Gasteiger partial charge < -0.3 is 15.4 Å². The van der Waals surface area contributed by atoms with Gasteiger partial charge in [0.1, 0.15) is 6.54 Å². The van der Waals surface area contributed by atoms with E-state index >= 15 is 0 Å². The Bertz CT molecular complexity index is 889. The molecule has 0 bridgehead atoms. The highest BCUT2D eigenvalue weighted by Crippen LogP contribution is 2.25. The summed E-state index contributed by atoms with van der Waals surface area (Å²) in [6, 6.07) is 8.86. The SMILES string of the molecule is O=C(COC(=O)CNC(=O)c1ccc(Cl)cc1Cl)Nc1cc(Cl)ccc1Cl. The fraction of sp³-hybridized carbons (Fsp3) is 0.118. The number of carbonyl (C=O) groups excluding carboxylic acids is 3. The number of benzene rings is 2. The maximum absolute atomic E-state index is 12.0. The summed E-state index contributed by atoms with van der Waals surface area (Å²) >= 11 is 23.4. The fourth-order valence-electron chi connectivity index (χ4n) is 1.90.